The Morgan fingerprint density at radius 3 is 2.55 bits per heavy atom. The second-order valence-corrected chi connectivity index (χ2v) is 10.0. The van der Waals surface area contributed by atoms with Gasteiger partial charge in [-0.25, -0.2) is 8.42 Å². The topological polar surface area (TPSA) is 105 Å². The van der Waals surface area contributed by atoms with Gasteiger partial charge in [-0.3, -0.25) is 9.59 Å². The summed E-state index contributed by atoms with van der Waals surface area (Å²) in [6.07, 6.45) is 0.985. The van der Waals surface area contributed by atoms with Crippen LogP contribution in [0.25, 0.3) is 0 Å². The summed E-state index contributed by atoms with van der Waals surface area (Å²) >= 11 is 0. The summed E-state index contributed by atoms with van der Waals surface area (Å²) < 4.78 is 34.1. The molecule has 1 aliphatic heterocycles. The summed E-state index contributed by atoms with van der Waals surface area (Å²) in [5.41, 5.74) is 2.35. The van der Waals surface area contributed by atoms with Crippen LogP contribution < -0.4 is 19.7 Å². The number of fused-ring (bicyclic) bond motifs is 1. The average Bonchev–Trinajstić information content (AvgIpc) is 3.24. The number of sulfonamides is 1. The Morgan fingerprint density at radius 1 is 1.15 bits per heavy atom. The van der Waals surface area contributed by atoms with E-state index in [0.717, 1.165) is 16.8 Å². The van der Waals surface area contributed by atoms with Crippen molar-refractivity contribution in [2.75, 3.05) is 18.6 Å². The van der Waals surface area contributed by atoms with Gasteiger partial charge in [-0.05, 0) is 42.2 Å². The summed E-state index contributed by atoms with van der Waals surface area (Å²) in [5, 5.41) is 2.81. The molecule has 9 heteroatoms. The molecular formula is C24H31N3O5S. The second-order valence-electron chi connectivity index (χ2n) is 8.31. The highest BCUT2D eigenvalue weighted by atomic mass is 32.2. The standard InChI is InChI=1S/C24H31N3O5S/c1-5-22(28)27-13-12-17-14-19(10-11-20(17)27)33(30,31)26-23(16(2)3)24(29)25-15-18-8-6-7-9-21(18)32-4/h6-11,14,16,23,26H,5,12-13,15H2,1-4H3,(H,25,29). The lowest BCUT2D eigenvalue weighted by Crippen LogP contribution is -2.49. The number of hydrogen-bond donors (Lipinski definition) is 2. The van der Waals surface area contributed by atoms with Crippen molar-refractivity contribution < 1.29 is 22.7 Å². The molecule has 0 saturated carbocycles. The Bertz CT molecular complexity index is 1130. The zero-order valence-electron chi connectivity index (χ0n) is 19.4. The maximum Gasteiger partial charge on any atom is 0.241 e. The van der Waals surface area contributed by atoms with Gasteiger partial charge in [0.1, 0.15) is 11.8 Å². The maximum absolute atomic E-state index is 13.1. The van der Waals surface area contributed by atoms with Crippen molar-refractivity contribution in [3.63, 3.8) is 0 Å². The molecule has 1 aliphatic rings. The molecule has 0 fully saturated rings. The van der Waals surface area contributed by atoms with Crippen LogP contribution in [0.5, 0.6) is 5.75 Å². The summed E-state index contributed by atoms with van der Waals surface area (Å²) in [7, 11) is -2.39. The van der Waals surface area contributed by atoms with Crippen LogP contribution in [-0.4, -0.2) is 39.9 Å². The highest BCUT2D eigenvalue weighted by Crippen LogP contribution is 2.30. The Balaban J connectivity index is 1.75. The first-order valence-corrected chi connectivity index (χ1v) is 12.5. The van der Waals surface area contributed by atoms with E-state index in [9.17, 15) is 18.0 Å². The van der Waals surface area contributed by atoms with Crippen LogP contribution in [-0.2, 0) is 32.6 Å². The van der Waals surface area contributed by atoms with Crippen LogP contribution in [0.2, 0.25) is 0 Å². The molecule has 1 heterocycles. The zero-order chi connectivity index (χ0) is 24.2. The van der Waals surface area contributed by atoms with Gasteiger partial charge < -0.3 is 15.0 Å². The number of para-hydroxylation sites is 1. The average molecular weight is 474 g/mol. The summed E-state index contributed by atoms with van der Waals surface area (Å²) in [5.74, 6) is -0.0350. The molecular weight excluding hydrogens is 442 g/mol. The number of methoxy groups -OCH3 is 1. The number of ether oxygens (including phenoxy) is 1. The number of nitrogens with one attached hydrogen (secondary N) is 2. The van der Waals surface area contributed by atoms with Gasteiger partial charge in [0.05, 0.1) is 12.0 Å². The van der Waals surface area contributed by atoms with Crippen LogP contribution in [0.15, 0.2) is 47.4 Å². The van der Waals surface area contributed by atoms with Crippen molar-refractivity contribution in [2.45, 2.75) is 51.1 Å². The summed E-state index contributed by atoms with van der Waals surface area (Å²) in [4.78, 5) is 26.7. The zero-order valence-corrected chi connectivity index (χ0v) is 20.2. The van der Waals surface area contributed by atoms with Gasteiger partial charge >= 0.3 is 0 Å². The van der Waals surface area contributed by atoms with Crippen molar-refractivity contribution in [3.8, 4) is 5.75 Å². The lowest BCUT2D eigenvalue weighted by Gasteiger charge is -2.22. The molecule has 2 N–H and O–H groups in total. The third kappa shape index (κ3) is 5.54. The Labute approximate surface area is 195 Å². The fraction of sp³-hybridized carbons (Fsp3) is 0.417. The van der Waals surface area contributed by atoms with E-state index >= 15 is 0 Å². The lowest BCUT2D eigenvalue weighted by atomic mass is 10.0. The fourth-order valence-corrected chi connectivity index (χ4v) is 5.26. The highest BCUT2D eigenvalue weighted by molar-refractivity contribution is 7.89. The van der Waals surface area contributed by atoms with E-state index in [2.05, 4.69) is 10.0 Å². The molecule has 178 valence electrons. The van der Waals surface area contributed by atoms with Gasteiger partial charge in [-0.2, -0.15) is 4.72 Å². The van der Waals surface area contributed by atoms with Crippen molar-refractivity contribution in [2.24, 2.45) is 5.92 Å². The molecule has 1 unspecified atom stereocenters. The number of anilines is 1. The molecule has 1 atom stereocenters. The first-order valence-electron chi connectivity index (χ1n) is 11.0. The monoisotopic (exact) mass is 473 g/mol. The number of amides is 2. The van der Waals surface area contributed by atoms with Crippen LogP contribution in [0.4, 0.5) is 5.69 Å². The first kappa shape index (κ1) is 24.7. The minimum absolute atomic E-state index is 0.00840. The molecule has 0 spiro atoms. The van der Waals surface area contributed by atoms with E-state index < -0.39 is 22.0 Å². The van der Waals surface area contributed by atoms with Crippen molar-refractivity contribution >= 4 is 27.5 Å². The molecule has 0 bridgehead atoms. The number of carbonyl (C=O) groups is 2. The molecule has 0 saturated heterocycles. The van der Waals surface area contributed by atoms with Gasteiger partial charge in [0, 0.05) is 30.8 Å². The Kier molecular flexibility index (Phi) is 7.76. The van der Waals surface area contributed by atoms with Crippen molar-refractivity contribution in [3.05, 3.63) is 53.6 Å². The predicted octanol–water partition coefficient (Wildman–Crippen LogP) is 2.61. The number of nitrogens with zero attached hydrogens (tertiary/aromatic N) is 1. The van der Waals surface area contributed by atoms with Crippen LogP contribution in [0.1, 0.15) is 38.3 Å². The molecule has 33 heavy (non-hydrogen) atoms. The minimum atomic E-state index is -3.95. The second kappa shape index (κ2) is 10.4. The smallest absolute Gasteiger partial charge is 0.241 e. The third-order valence-electron chi connectivity index (χ3n) is 5.74. The predicted molar refractivity (Wildman–Crippen MR) is 127 cm³/mol. The molecule has 8 nitrogen and oxygen atoms in total. The van der Waals surface area contributed by atoms with Gasteiger partial charge in [-0.1, -0.05) is 39.0 Å². The molecule has 2 amide bonds. The van der Waals surface area contributed by atoms with Crippen molar-refractivity contribution in [1.82, 2.24) is 10.0 Å². The molecule has 3 rings (SSSR count). The number of hydrogen-bond acceptors (Lipinski definition) is 5. The molecule has 2 aromatic rings. The highest BCUT2D eigenvalue weighted by Gasteiger charge is 2.30. The lowest BCUT2D eigenvalue weighted by molar-refractivity contribution is -0.123. The number of benzene rings is 2. The van der Waals surface area contributed by atoms with E-state index in [4.69, 9.17) is 4.74 Å². The summed E-state index contributed by atoms with van der Waals surface area (Å²) in [6.45, 7) is 6.13. The fourth-order valence-electron chi connectivity index (χ4n) is 3.86. The molecule has 0 aromatic heterocycles. The third-order valence-corrected chi connectivity index (χ3v) is 7.18. The van der Waals surface area contributed by atoms with Crippen molar-refractivity contribution in [1.29, 1.82) is 0 Å². The van der Waals surface area contributed by atoms with E-state index in [1.807, 2.05) is 18.2 Å². The quantitative estimate of drug-likeness (QED) is 0.583. The largest absolute Gasteiger partial charge is 0.496 e. The summed E-state index contributed by atoms with van der Waals surface area (Å²) in [6, 6.07) is 11.1. The number of carbonyl (C=O) groups excluding carboxylic acids is 2. The van der Waals surface area contributed by atoms with Crippen LogP contribution >= 0.6 is 0 Å². The SMILES string of the molecule is CCC(=O)N1CCc2cc(S(=O)(=O)NC(C(=O)NCc3ccccc3OC)C(C)C)ccc21. The van der Waals surface area contributed by atoms with E-state index in [1.165, 1.54) is 6.07 Å². The van der Waals surface area contributed by atoms with Gasteiger partial charge in [0.15, 0.2) is 0 Å². The minimum Gasteiger partial charge on any atom is -0.496 e. The van der Waals surface area contributed by atoms with Crippen LogP contribution in [0, 0.1) is 5.92 Å². The first-order chi connectivity index (χ1) is 15.7. The van der Waals surface area contributed by atoms with Gasteiger partial charge in [-0.15, -0.1) is 0 Å². The van der Waals surface area contributed by atoms with Gasteiger partial charge in [0.2, 0.25) is 21.8 Å². The molecule has 0 aliphatic carbocycles. The maximum atomic E-state index is 13.1. The normalized spacial score (nSPS) is 14.2. The molecule has 2 aromatic carbocycles. The van der Waals surface area contributed by atoms with Gasteiger partial charge in [0.25, 0.3) is 0 Å². The Morgan fingerprint density at radius 2 is 1.88 bits per heavy atom. The van der Waals surface area contributed by atoms with E-state index in [-0.39, 0.29) is 23.3 Å². The number of rotatable bonds is 9. The Hall–Kier alpha value is -2.91. The van der Waals surface area contributed by atoms with Crippen LogP contribution in [0.3, 0.4) is 0 Å². The van der Waals surface area contributed by atoms with E-state index in [1.54, 1.807) is 51.0 Å². The van der Waals surface area contributed by atoms with E-state index in [0.29, 0.717) is 25.1 Å². The molecule has 0 radical (unpaired) electrons.